The highest BCUT2D eigenvalue weighted by molar-refractivity contribution is 6.08. The molecule has 0 atom stereocenters. The fraction of sp³-hybridized carbons (Fsp3) is 0.455. The average molecular weight is 306 g/mol. The molecule has 4 rings (SSSR count). The van der Waals surface area contributed by atoms with E-state index in [1.807, 2.05) is 0 Å². The molecule has 0 spiro atoms. The lowest BCUT2D eigenvalue weighted by Crippen LogP contribution is -2.05. The summed E-state index contributed by atoms with van der Waals surface area (Å²) in [7, 11) is 0. The lowest BCUT2D eigenvalue weighted by molar-refractivity contribution is 0.442. The lowest BCUT2D eigenvalue weighted by Gasteiger charge is -2.22. The number of hydrogen-bond acceptors (Lipinski definition) is 1. The number of para-hydroxylation sites is 1. The van der Waals surface area contributed by atoms with Gasteiger partial charge in [0.05, 0.1) is 0 Å². The maximum absolute atomic E-state index is 6.46. The first-order valence-electron chi connectivity index (χ1n) is 9.11. The number of rotatable bonds is 2. The van der Waals surface area contributed by atoms with E-state index in [2.05, 4.69) is 51.1 Å². The van der Waals surface area contributed by atoms with Crippen LogP contribution in [0.25, 0.3) is 21.9 Å². The van der Waals surface area contributed by atoms with Gasteiger partial charge < -0.3 is 4.42 Å². The molecule has 23 heavy (non-hydrogen) atoms. The molecule has 1 nitrogen and oxygen atoms in total. The van der Waals surface area contributed by atoms with E-state index in [0.29, 0.717) is 11.8 Å². The van der Waals surface area contributed by atoms with Crippen molar-refractivity contribution in [1.82, 2.24) is 0 Å². The smallest absolute Gasteiger partial charge is 0.139 e. The highest BCUT2D eigenvalue weighted by atomic mass is 16.3. The monoisotopic (exact) mass is 306 g/mol. The Morgan fingerprint density at radius 2 is 1.74 bits per heavy atom. The Labute approximate surface area is 138 Å². The largest absolute Gasteiger partial charge is 0.455 e. The summed E-state index contributed by atoms with van der Waals surface area (Å²) in [5.41, 5.74) is 6.34. The van der Waals surface area contributed by atoms with Crippen molar-refractivity contribution in [2.45, 2.75) is 64.7 Å². The predicted octanol–water partition coefficient (Wildman–Crippen LogP) is 7.07. The second kappa shape index (κ2) is 5.70. The summed E-state index contributed by atoms with van der Waals surface area (Å²) in [5, 5.41) is 2.66. The number of aryl methyl sites for hydroxylation is 1. The van der Waals surface area contributed by atoms with E-state index in [0.717, 1.165) is 11.2 Å². The van der Waals surface area contributed by atoms with Gasteiger partial charge in [-0.25, -0.2) is 0 Å². The van der Waals surface area contributed by atoms with E-state index in [4.69, 9.17) is 4.42 Å². The topological polar surface area (TPSA) is 13.1 Å². The molecule has 120 valence electrons. The van der Waals surface area contributed by atoms with Gasteiger partial charge in [-0.05, 0) is 48.3 Å². The molecule has 1 saturated carbocycles. The average Bonchev–Trinajstić information content (AvgIpc) is 2.96. The van der Waals surface area contributed by atoms with Gasteiger partial charge in [0.15, 0.2) is 0 Å². The molecular weight excluding hydrogens is 280 g/mol. The van der Waals surface area contributed by atoms with Gasteiger partial charge in [-0.15, -0.1) is 0 Å². The summed E-state index contributed by atoms with van der Waals surface area (Å²) in [6.45, 7) is 6.72. The first-order valence-corrected chi connectivity index (χ1v) is 9.11. The van der Waals surface area contributed by atoms with E-state index in [9.17, 15) is 0 Å². The summed E-state index contributed by atoms with van der Waals surface area (Å²) >= 11 is 0. The van der Waals surface area contributed by atoms with Crippen LogP contribution >= 0.6 is 0 Å². The highest BCUT2D eigenvalue weighted by Crippen LogP contribution is 2.42. The number of benzene rings is 2. The molecule has 0 aliphatic heterocycles. The van der Waals surface area contributed by atoms with Crippen LogP contribution < -0.4 is 0 Å². The third-order valence-electron chi connectivity index (χ3n) is 5.57. The number of fused-ring (bicyclic) bond motifs is 3. The van der Waals surface area contributed by atoms with E-state index in [1.54, 1.807) is 0 Å². The van der Waals surface area contributed by atoms with Crippen LogP contribution in [0.1, 0.15) is 74.5 Å². The summed E-state index contributed by atoms with van der Waals surface area (Å²) in [5.74, 6) is 1.19. The Hall–Kier alpha value is -1.76. The zero-order valence-corrected chi connectivity index (χ0v) is 14.5. The van der Waals surface area contributed by atoms with Crippen LogP contribution in [-0.2, 0) is 0 Å². The Morgan fingerprint density at radius 1 is 0.957 bits per heavy atom. The van der Waals surface area contributed by atoms with E-state index >= 15 is 0 Å². The fourth-order valence-electron chi connectivity index (χ4n) is 4.30. The van der Waals surface area contributed by atoms with Crippen LogP contribution in [-0.4, -0.2) is 0 Å². The summed E-state index contributed by atoms with van der Waals surface area (Å²) in [6.07, 6.45) is 6.73. The zero-order chi connectivity index (χ0) is 16.0. The molecule has 1 fully saturated rings. The van der Waals surface area contributed by atoms with Gasteiger partial charge in [-0.2, -0.15) is 0 Å². The Morgan fingerprint density at radius 3 is 2.48 bits per heavy atom. The predicted molar refractivity (Wildman–Crippen MR) is 98.4 cm³/mol. The van der Waals surface area contributed by atoms with Crippen molar-refractivity contribution in [3.63, 3.8) is 0 Å². The summed E-state index contributed by atoms with van der Waals surface area (Å²) in [6, 6.07) is 11.2. The molecule has 1 aliphatic rings. The van der Waals surface area contributed by atoms with Crippen LogP contribution in [0.2, 0.25) is 0 Å². The summed E-state index contributed by atoms with van der Waals surface area (Å²) in [4.78, 5) is 0. The minimum absolute atomic E-state index is 0.513. The molecule has 0 saturated heterocycles. The van der Waals surface area contributed by atoms with Crippen LogP contribution in [0.3, 0.4) is 0 Å². The van der Waals surface area contributed by atoms with Gasteiger partial charge >= 0.3 is 0 Å². The van der Waals surface area contributed by atoms with Gasteiger partial charge in [0.25, 0.3) is 0 Å². The molecule has 3 aromatic rings. The first kappa shape index (κ1) is 14.8. The van der Waals surface area contributed by atoms with E-state index < -0.39 is 0 Å². The normalized spacial score (nSPS) is 16.7. The standard InChI is InChI=1S/C22H26O/c1-14(2)17-12-13-18(16-9-5-4-6-10-16)22-20(17)19-11-7-8-15(3)21(19)23-22/h7-8,11-14,16H,4-6,9-10H2,1-3H3. The molecule has 2 aromatic carbocycles. The van der Waals surface area contributed by atoms with E-state index in [1.165, 1.54) is 59.6 Å². The third kappa shape index (κ3) is 2.38. The lowest BCUT2D eigenvalue weighted by atomic mass is 9.82. The minimum atomic E-state index is 0.513. The quantitative estimate of drug-likeness (QED) is 0.493. The summed E-state index contributed by atoms with van der Waals surface area (Å²) < 4.78 is 6.46. The maximum atomic E-state index is 6.46. The molecule has 0 unspecified atom stereocenters. The molecule has 0 N–H and O–H groups in total. The van der Waals surface area contributed by atoms with Gasteiger partial charge in [-0.1, -0.05) is 63.4 Å². The fourth-order valence-corrected chi connectivity index (χ4v) is 4.30. The van der Waals surface area contributed by atoms with Gasteiger partial charge in [0.2, 0.25) is 0 Å². The second-order valence-corrected chi connectivity index (χ2v) is 7.49. The van der Waals surface area contributed by atoms with Crippen LogP contribution in [0.15, 0.2) is 34.7 Å². The molecule has 1 heterocycles. The Kier molecular flexibility index (Phi) is 3.67. The molecular formula is C22H26O. The third-order valence-corrected chi connectivity index (χ3v) is 5.57. The Bertz CT molecular complexity index is 847. The maximum Gasteiger partial charge on any atom is 0.139 e. The SMILES string of the molecule is Cc1cccc2c1oc1c(C3CCCCC3)ccc(C(C)C)c12. The molecule has 0 bridgehead atoms. The zero-order valence-electron chi connectivity index (χ0n) is 14.5. The van der Waals surface area contributed by atoms with Crippen molar-refractivity contribution >= 4 is 21.9 Å². The van der Waals surface area contributed by atoms with Crippen molar-refractivity contribution in [2.24, 2.45) is 0 Å². The van der Waals surface area contributed by atoms with Crippen molar-refractivity contribution in [3.05, 3.63) is 47.0 Å². The number of furan rings is 1. The van der Waals surface area contributed by atoms with Crippen molar-refractivity contribution in [2.75, 3.05) is 0 Å². The second-order valence-electron chi connectivity index (χ2n) is 7.49. The molecule has 1 aromatic heterocycles. The highest BCUT2D eigenvalue weighted by Gasteiger charge is 2.23. The van der Waals surface area contributed by atoms with Crippen LogP contribution in [0.4, 0.5) is 0 Å². The first-order chi connectivity index (χ1) is 11.2. The van der Waals surface area contributed by atoms with Gasteiger partial charge in [0.1, 0.15) is 11.2 Å². The molecule has 1 heteroatoms. The van der Waals surface area contributed by atoms with Crippen LogP contribution in [0, 0.1) is 6.92 Å². The van der Waals surface area contributed by atoms with E-state index in [-0.39, 0.29) is 0 Å². The molecule has 1 aliphatic carbocycles. The Balaban J connectivity index is 2.04. The molecule has 0 radical (unpaired) electrons. The number of hydrogen-bond donors (Lipinski definition) is 0. The van der Waals surface area contributed by atoms with Gasteiger partial charge in [-0.3, -0.25) is 0 Å². The minimum Gasteiger partial charge on any atom is -0.455 e. The molecule has 0 amide bonds. The van der Waals surface area contributed by atoms with Crippen molar-refractivity contribution in [1.29, 1.82) is 0 Å². The van der Waals surface area contributed by atoms with Crippen molar-refractivity contribution < 1.29 is 4.42 Å². The van der Waals surface area contributed by atoms with Crippen LogP contribution in [0.5, 0.6) is 0 Å². The van der Waals surface area contributed by atoms with Gasteiger partial charge in [0, 0.05) is 10.8 Å². The van der Waals surface area contributed by atoms with Crippen molar-refractivity contribution in [3.8, 4) is 0 Å².